The van der Waals surface area contributed by atoms with E-state index >= 15 is 0 Å². The summed E-state index contributed by atoms with van der Waals surface area (Å²) in [6, 6.07) is 11.1. The first kappa shape index (κ1) is 20.6. The number of benzene rings is 1. The summed E-state index contributed by atoms with van der Waals surface area (Å²) in [5.74, 6) is 2.67. The molecule has 0 unspecified atom stereocenters. The van der Waals surface area contributed by atoms with Gasteiger partial charge in [0.05, 0.1) is 26.1 Å². The predicted molar refractivity (Wildman–Crippen MR) is 118 cm³/mol. The Kier molecular flexibility index (Phi) is 6.26. The predicted octanol–water partition coefficient (Wildman–Crippen LogP) is 3.41. The number of hydrogen-bond donors (Lipinski definition) is 1. The van der Waals surface area contributed by atoms with Crippen molar-refractivity contribution in [3.05, 3.63) is 55.0 Å². The van der Waals surface area contributed by atoms with Crippen molar-refractivity contribution in [3.63, 3.8) is 0 Å². The molecule has 31 heavy (non-hydrogen) atoms. The zero-order chi connectivity index (χ0) is 21.6. The van der Waals surface area contributed by atoms with Crippen LogP contribution in [-0.2, 0) is 4.79 Å². The molecule has 1 aliphatic heterocycles. The van der Waals surface area contributed by atoms with Crippen molar-refractivity contribution < 1.29 is 14.3 Å². The third-order valence-corrected chi connectivity index (χ3v) is 5.39. The molecule has 8 nitrogen and oxygen atoms in total. The van der Waals surface area contributed by atoms with E-state index in [1.165, 1.54) is 0 Å². The van der Waals surface area contributed by atoms with E-state index in [1.807, 2.05) is 30.3 Å². The van der Waals surface area contributed by atoms with Crippen molar-refractivity contribution in [2.75, 3.05) is 37.5 Å². The molecule has 0 aliphatic carbocycles. The monoisotopic (exact) mass is 419 g/mol. The molecular weight excluding hydrogens is 394 g/mol. The normalized spacial score (nSPS) is 14.2. The van der Waals surface area contributed by atoms with Crippen LogP contribution in [0.15, 0.2) is 55.0 Å². The lowest BCUT2D eigenvalue weighted by Gasteiger charge is -2.31. The molecule has 1 saturated heterocycles. The Morgan fingerprint density at radius 1 is 1.06 bits per heavy atom. The van der Waals surface area contributed by atoms with Crippen LogP contribution in [0.4, 0.5) is 11.6 Å². The minimum Gasteiger partial charge on any atom is -0.497 e. The van der Waals surface area contributed by atoms with Crippen molar-refractivity contribution in [1.82, 2.24) is 15.0 Å². The van der Waals surface area contributed by atoms with Crippen LogP contribution in [0.5, 0.6) is 11.5 Å². The number of nitrogens with one attached hydrogen (secondary N) is 1. The van der Waals surface area contributed by atoms with Crippen molar-refractivity contribution >= 4 is 17.5 Å². The number of rotatable bonds is 6. The molecule has 1 aliphatic rings. The molecule has 0 radical (unpaired) electrons. The maximum absolute atomic E-state index is 12.8. The fourth-order valence-corrected chi connectivity index (χ4v) is 3.67. The van der Waals surface area contributed by atoms with Crippen LogP contribution in [0.25, 0.3) is 11.3 Å². The molecule has 3 aromatic rings. The Labute approximate surface area is 181 Å². The van der Waals surface area contributed by atoms with Crippen molar-refractivity contribution in [2.45, 2.75) is 12.8 Å². The standard InChI is InChI=1S/C23H25N5O3/c1-30-18-12-17(13-19(14-18)31-2)20-4-3-5-21(26-20)27-23(29)16-6-10-28(11-7-16)22-15-24-8-9-25-22/h3-5,8-9,12-16H,6-7,10-11H2,1-2H3,(H,26,27,29). The number of carbonyl (C=O) groups excluding carboxylic acids is 1. The van der Waals surface area contributed by atoms with E-state index < -0.39 is 0 Å². The van der Waals surface area contributed by atoms with Gasteiger partial charge in [-0.25, -0.2) is 9.97 Å². The van der Waals surface area contributed by atoms with Crippen molar-refractivity contribution in [1.29, 1.82) is 0 Å². The quantitative estimate of drug-likeness (QED) is 0.655. The maximum atomic E-state index is 12.8. The molecule has 0 spiro atoms. The van der Waals surface area contributed by atoms with Crippen LogP contribution in [0, 0.1) is 5.92 Å². The third-order valence-electron chi connectivity index (χ3n) is 5.39. The van der Waals surface area contributed by atoms with Gasteiger partial charge >= 0.3 is 0 Å². The minimum atomic E-state index is -0.0599. The van der Waals surface area contributed by atoms with Gasteiger partial charge in [-0.15, -0.1) is 0 Å². The fraction of sp³-hybridized carbons (Fsp3) is 0.304. The number of nitrogens with zero attached hydrogens (tertiary/aromatic N) is 4. The Morgan fingerprint density at radius 2 is 1.81 bits per heavy atom. The van der Waals surface area contributed by atoms with Gasteiger partial charge < -0.3 is 19.7 Å². The highest BCUT2D eigenvalue weighted by Gasteiger charge is 2.26. The Hall–Kier alpha value is -3.68. The van der Waals surface area contributed by atoms with Gasteiger partial charge in [0.1, 0.15) is 23.1 Å². The number of methoxy groups -OCH3 is 2. The van der Waals surface area contributed by atoms with Crippen molar-refractivity contribution in [3.8, 4) is 22.8 Å². The lowest BCUT2D eigenvalue weighted by molar-refractivity contribution is -0.120. The molecule has 4 rings (SSSR count). The Balaban J connectivity index is 1.42. The van der Waals surface area contributed by atoms with E-state index in [1.54, 1.807) is 38.9 Å². The number of piperidine rings is 1. The average Bonchev–Trinajstić information content (AvgIpc) is 2.84. The summed E-state index contributed by atoms with van der Waals surface area (Å²) in [4.78, 5) is 28.1. The van der Waals surface area contributed by atoms with Gasteiger partial charge in [0, 0.05) is 43.0 Å². The number of ether oxygens (including phenoxy) is 2. The molecule has 1 amide bonds. The van der Waals surface area contributed by atoms with Gasteiger partial charge in [-0.05, 0) is 37.1 Å². The molecule has 8 heteroatoms. The Morgan fingerprint density at radius 3 is 2.45 bits per heavy atom. The fourth-order valence-electron chi connectivity index (χ4n) is 3.67. The zero-order valence-electron chi connectivity index (χ0n) is 17.6. The summed E-state index contributed by atoms with van der Waals surface area (Å²) in [5.41, 5.74) is 1.58. The smallest absolute Gasteiger partial charge is 0.228 e. The minimum absolute atomic E-state index is 0.00771. The van der Waals surface area contributed by atoms with Crippen LogP contribution in [0.1, 0.15) is 12.8 Å². The number of aromatic nitrogens is 3. The van der Waals surface area contributed by atoms with E-state index in [0.29, 0.717) is 17.3 Å². The summed E-state index contributed by atoms with van der Waals surface area (Å²) in [6.07, 6.45) is 6.62. The largest absolute Gasteiger partial charge is 0.497 e. The molecule has 1 aromatic carbocycles. The van der Waals surface area contributed by atoms with Crippen LogP contribution in [-0.4, -0.2) is 48.2 Å². The molecule has 0 saturated carbocycles. The summed E-state index contributed by atoms with van der Waals surface area (Å²) in [7, 11) is 3.22. The first-order valence-electron chi connectivity index (χ1n) is 10.2. The van der Waals surface area contributed by atoms with Gasteiger partial charge in [-0.3, -0.25) is 9.78 Å². The van der Waals surface area contributed by atoms with E-state index in [9.17, 15) is 4.79 Å². The van der Waals surface area contributed by atoms with E-state index in [0.717, 1.165) is 43.0 Å². The zero-order valence-corrected chi connectivity index (χ0v) is 17.6. The third kappa shape index (κ3) is 4.91. The van der Waals surface area contributed by atoms with E-state index in [-0.39, 0.29) is 11.8 Å². The van der Waals surface area contributed by atoms with Gasteiger partial charge in [0.2, 0.25) is 5.91 Å². The number of carbonyl (C=O) groups is 1. The summed E-state index contributed by atoms with van der Waals surface area (Å²) >= 11 is 0. The lowest BCUT2D eigenvalue weighted by Crippen LogP contribution is -2.38. The second kappa shape index (κ2) is 9.42. The molecule has 3 heterocycles. The molecular formula is C23H25N5O3. The molecule has 0 bridgehead atoms. The summed E-state index contributed by atoms with van der Waals surface area (Å²) in [6.45, 7) is 1.54. The maximum Gasteiger partial charge on any atom is 0.228 e. The number of hydrogen-bond acceptors (Lipinski definition) is 7. The SMILES string of the molecule is COc1cc(OC)cc(-c2cccc(NC(=O)C3CCN(c4cnccn4)CC3)n2)c1. The molecule has 160 valence electrons. The molecule has 1 N–H and O–H groups in total. The Bertz CT molecular complexity index is 1010. The van der Waals surface area contributed by atoms with E-state index in [4.69, 9.17) is 9.47 Å². The first-order chi connectivity index (χ1) is 15.2. The second-order valence-corrected chi connectivity index (χ2v) is 7.32. The van der Waals surface area contributed by atoms with Crippen molar-refractivity contribution in [2.24, 2.45) is 5.92 Å². The number of amides is 1. The topological polar surface area (TPSA) is 89.5 Å². The summed E-state index contributed by atoms with van der Waals surface area (Å²) in [5, 5.41) is 2.97. The van der Waals surface area contributed by atoms with Gasteiger partial charge in [0.15, 0.2) is 0 Å². The molecule has 0 atom stereocenters. The van der Waals surface area contributed by atoms with Crippen LogP contribution >= 0.6 is 0 Å². The van der Waals surface area contributed by atoms with Crippen LogP contribution in [0.3, 0.4) is 0 Å². The number of anilines is 2. The lowest BCUT2D eigenvalue weighted by atomic mass is 9.96. The molecule has 1 fully saturated rings. The summed E-state index contributed by atoms with van der Waals surface area (Å²) < 4.78 is 10.7. The first-order valence-corrected chi connectivity index (χ1v) is 10.2. The van der Waals surface area contributed by atoms with E-state index in [2.05, 4.69) is 25.2 Å². The average molecular weight is 419 g/mol. The number of pyridine rings is 1. The van der Waals surface area contributed by atoms with Gasteiger partial charge in [-0.2, -0.15) is 0 Å². The molecule has 2 aromatic heterocycles. The van der Waals surface area contributed by atoms with Crippen LogP contribution in [0.2, 0.25) is 0 Å². The van der Waals surface area contributed by atoms with Crippen LogP contribution < -0.4 is 19.7 Å². The van der Waals surface area contributed by atoms with Gasteiger partial charge in [0.25, 0.3) is 0 Å². The highest BCUT2D eigenvalue weighted by Crippen LogP contribution is 2.29. The van der Waals surface area contributed by atoms with Gasteiger partial charge in [-0.1, -0.05) is 6.07 Å². The second-order valence-electron chi connectivity index (χ2n) is 7.32. The highest BCUT2D eigenvalue weighted by atomic mass is 16.5. The highest BCUT2D eigenvalue weighted by molar-refractivity contribution is 5.92.